The Morgan fingerprint density at radius 3 is 2.45 bits per heavy atom. The number of aryl methyl sites for hydroxylation is 1. The topological polar surface area (TPSA) is 66.8 Å². The van der Waals surface area contributed by atoms with Gasteiger partial charge in [0.15, 0.2) is 6.10 Å². The minimum absolute atomic E-state index is 0.376. The number of amides is 1. The lowest BCUT2D eigenvalue weighted by atomic mass is 10.0. The summed E-state index contributed by atoms with van der Waals surface area (Å²) in [6, 6.07) is 7.36. The average Bonchev–Trinajstić information content (AvgIpc) is 2.36. The number of benzene rings is 1. The summed E-state index contributed by atoms with van der Waals surface area (Å²) in [6.45, 7) is 6.50. The van der Waals surface area contributed by atoms with Crippen LogP contribution in [0.15, 0.2) is 24.3 Å². The van der Waals surface area contributed by atoms with Crippen molar-refractivity contribution in [1.29, 1.82) is 0 Å². The number of nitrogens with zero attached hydrogens (tertiary/aromatic N) is 1. The molecule has 0 aromatic heterocycles. The summed E-state index contributed by atoms with van der Waals surface area (Å²) in [5, 5.41) is 9.13. The average molecular weight is 279 g/mol. The van der Waals surface area contributed by atoms with Crippen LogP contribution in [0.2, 0.25) is 0 Å². The Morgan fingerprint density at radius 1 is 1.35 bits per heavy atom. The Labute approximate surface area is 119 Å². The zero-order valence-electron chi connectivity index (χ0n) is 12.5. The number of carboxylic acid groups (broad SMARTS) is 1. The highest BCUT2D eigenvalue weighted by Gasteiger charge is 2.37. The van der Waals surface area contributed by atoms with Gasteiger partial charge in [0.2, 0.25) is 0 Å². The van der Waals surface area contributed by atoms with E-state index in [-0.39, 0.29) is 5.91 Å². The first-order valence-corrected chi connectivity index (χ1v) is 6.40. The van der Waals surface area contributed by atoms with Crippen molar-refractivity contribution in [3.63, 3.8) is 0 Å². The second-order valence-electron chi connectivity index (χ2n) is 5.34. The lowest BCUT2D eigenvalue weighted by Gasteiger charge is -2.33. The maximum absolute atomic E-state index is 12.2. The van der Waals surface area contributed by atoms with Gasteiger partial charge in [-0.05, 0) is 45.4 Å². The molecule has 0 fully saturated rings. The molecule has 1 rings (SSSR count). The fraction of sp³-hybridized carbons (Fsp3) is 0.467. The van der Waals surface area contributed by atoms with Crippen LogP contribution in [0.1, 0.15) is 26.3 Å². The summed E-state index contributed by atoms with van der Waals surface area (Å²) in [5.74, 6) is -0.845. The zero-order valence-corrected chi connectivity index (χ0v) is 12.5. The van der Waals surface area contributed by atoms with E-state index in [2.05, 4.69) is 0 Å². The standard InChI is InChI=1S/C15H21NO4/c1-10-7-6-8-12(9-10)20-11(2)13(17)16(5)15(3,4)14(18)19/h6-9,11H,1-5H3,(H,18,19). The fourth-order valence-electron chi connectivity index (χ4n) is 1.63. The molecule has 1 amide bonds. The highest BCUT2D eigenvalue weighted by molar-refractivity contribution is 5.88. The van der Waals surface area contributed by atoms with E-state index in [9.17, 15) is 9.59 Å². The van der Waals surface area contributed by atoms with Crippen molar-refractivity contribution in [3.05, 3.63) is 29.8 Å². The lowest BCUT2D eigenvalue weighted by molar-refractivity contribution is -0.157. The smallest absolute Gasteiger partial charge is 0.329 e. The minimum atomic E-state index is -1.28. The van der Waals surface area contributed by atoms with Crippen LogP contribution < -0.4 is 4.74 Å². The highest BCUT2D eigenvalue weighted by atomic mass is 16.5. The number of aliphatic carboxylic acids is 1. The molecule has 0 heterocycles. The van der Waals surface area contributed by atoms with Gasteiger partial charge in [0.05, 0.1) is 0 Å². The van der Waals surface area contributed by atoms with E-state index in [1.54, 1.807) is 13.0 Å². The van der Waals surface area contributed by atoms with Crippen molar-refractivity contribution in [2.24, 2.45) is 0 Å². The third kappa shape index (κ3) is 3.50. The van der Waals surface area contributed by atoms with Crippen LogP contribution in [0.3, 0.4) is 0 Å². The molecule has 20 heavy (non-hydrogen) atoms. The van der Waals surface area contributed by atoms with Crippen molar-refractivity contribution in [1.82, 2.24) is 4.90 Å². The van der Waals surface area contributed by atoms with Gasteiger partial charge in [0, 0.05) is 7.05 Å². The van der Waals surface area contributed by atoms with Crippen molar-refractivity contribution < 1.29 is 19.4 Å². The van der Waals surface area contributed by atoms with Gasteiger partial charge >= 0.3 is 5.97 Å². The van der Waals surface area contributed by atoms with E-state index in [1.807, 2.05) is 25.1 Å². The summed E-state index contributed by atoms with van der Waals surface area (Å²) in [5.41, 5.74) is -0.247. The molecule has 110 valence electrons. The SMILES string of the molecule is Cc1cccc(OC(C)C(=O)N(C)C(C)(C)C(=O)O)c1. The molecule has 1 N–H and O–H groups in total. The van der Waals surface area contributed by atoms with Crippen LogP contribution >= 0.6 is 0 Å². The molecule has 0 radical (unpaired) electrons. The first kappa shape index (κ1) is 16.0. The van der Waals surface area contributed by atoms with Crippen LogP contribution in [-0.2, 0) is 9.59 Å². The van der Waals surface area contributed by atoms with E-state index < -0.39 is 17.6 Å². The lowest BCUT2D eigenvalue weighted by Crippen LogP contribution is -2.54. The molecular formula is C15H21NO4. The summed E-state index contributed by atoms with van der Waals surface area (Å²) in [4.78, 5) is 24.6. The monoisotopic (exact) mass is 279 g/mol. The molecule has 5 nitrogen and oxygen atoms in total. The molecular weight excluding hydrogens is 258 g/mol. The molecule has 0 spiro atoms. The van der Waals surface area contributed by atoms with Gasteiger partial charge in [-0.15, -0.1) is 0 Å². The van der Waals surface area contributed by atoms with E-state index in [4.69, 9.17) is 9.84 Å². The van der Waals surface area contributed by atoms with Crippen LogP contribution in [0, 0.1) is 6.92 Å². The van der Waals surface area contributed by atoms with Crippen LogP contribution in [0.4, 0.5) is 0 Å². The molecule has 0 bridgehead atoms. The van der Waals surface area contributed by atoms with Crippen molar-refractivity contribution in [2.45, 2.75) is 39.3 Å². The third-order valence-corrected chi connectivity index (χ3v) is 3.34. The molecule has 5 heteroatoms. The van der Waals surface area contributed by atoms with Gasteiger partial charge in [-0.3, -0.25) is 4.79 Å². The molecule has 1 atom stereocenters. The van der Waals surface area contributed by atoms with Crippen molar-refractivity contribution >= 4 is 11.9 Å². The molecule has 0 aliphatic heterocycles. The molecule has 0 saturated heterocycles. The number of carboxylic acids is 1. The Balaban J connectivity index is 2.79. The van der Waals surface area contributed by atoms with Crippen molar-refractivity contribution in [2.75, 3.05) is 7.05 Å². The normalized spacial score (nSPS) is 12.7. The number of carbonyl (C=O) groups excluding carboxylic acids is 1. The first-order chi connectivity index (χ1) is 9.16. The fourth-order valence-corrected chi connectivity index (χ4v) is 1.63. The van der Waals surface area contributed by atoms with Gasteiger partial charge in [-0.1, -0.05) is 12.1 Å². The minimum Gasteiger partial charge on any atom is -0.481 e. The maximum atomic E-state index is 12.2. The molecule has 0 aliphatic rings. The van der Waals surface area contributed by atoms with Crippen molar-refractivity contribution in [3.8, 4) is 5.75 Å². The van der Waals surface area contributed by atoms with Gasteiger partial charge in [-0.2, -0.15) is 0 Å². The first-order valence-electron chi connectivity index (χ1n) is 6.40. The van der Waals surface area contributed by atoms with Gasteiger partial charge < -0.3 is 14.7 Å². The Bertz CT molecular complexity index is 510. The molecule has 1 aromatic carbocycles. The quantitative estimate of drug-likeness (QED) is 0.896. The predicted octanol–water partition coefficient (Wildman–Crippen LogP) is 2.08. The largest absolute Gasteiger partial charge is 0.481 e. The summed E-state index contributed by atoms with van der Waals surface area (Å²) < 4.78 is 5.57. The Kier molecular flexibility index (Phi) is 4.76. The second-order valence-corrected chi connectivity index (χ2v) is 5.34. The number of hydrogen-bond donors (Lipinski definition) is 1. The number of ether oxygens (including phenoxy) is 1. The van der Waals surface area contributed by atoms with E-state index >= 15 is 0 Å². The summed E-state index contributed by atoms with van der Waals surface area (Å²) in [7, 11) is 1.46. The Morgan fingerprint density at radius 2 is 1.95 bits per heavy atom. The van der Waals surface area contributed by atoms with E-state index in [0.29, 0.717) is 5.75 Å². The molecule has 1 unspecified atom stereocenters. The van der Waals surface area contributed by atoms with Gasteiger partial charge in [0.25, 0.3) is 5.91 Å². The summed E-state index contributed by atoms with van der Waals surface area (Å²) >= 11 is 0. The van der Waals surface area contributed by atoms with E-state index in [1.165, 1.54) is 25.8 Å². The van der Waals surface area contributed by atoms with E-state index in [0.717, 1.165) is 5.56 Å². The summed E-state index contributed by atoms with van der Waals surface area (Å²) in [6.07, 6.45) is -0.750. The third-order valence-electron chi connectivity index (χ3n) is 3.34. The maximum Gasteiger partial charge on any atom is 0.329 e. The van der Waals surface area contributed by atoms with Crippen LogP contribution in [0.25, 0.3) is 0 Å². The predicted molar refractivity (Wildman–Crippen MR) is 75.8 cm³/mol. The van der Waals surface area contributed by atoms with Gasteiger partial charge in [-0.25, -0.2) is 4.79 Å². The number of likely N-dealkylation sites (N-methyl/N-ethyl adjacent to an activating group) is 1. The number of carbonyl (C=O) groups is 2. The van der Waals surface area contributed by atoms with Gasteiger partial charge in [0.1, 0.15) is 11.3 Å². The van der Waals surface area contributed by atoms with Crippen LogP contribution in [-0.4, -0.2) is 40.6 Å². The molecule has 0 aliphatic carbocycles. The molecule has 1 aromatic rings. The zero-order chi connectivity index (χ0) is 15.5. The highest BCUT2D eigenvalue weighted by Crippen LogP contribution is 2.18. The van der Waals surface area contributed by atoms with Crippen LogP contribution in [0.5, 0.6) is 5.75 Å². The number of rotatable bonds is 5. The number of hydrogen-bond acceptors (Lipinski definition) is 3. The second kappa shape index (κ2) is 5.94. The Hall–Kier alpha value is -2.04. The molecule has 0 saturated carbocycles.